The van der Waals surface area contributed by atoms with Gasteiger partial charge in [0.1, 0.15) is 5.39 Å². The largest absolute Gasteiger partial charge is 0.394 e. The summed E-state index contributed by atoms with van der Waals surface area (Å²) in [6.07, 6.45) is 4.90. The number of nitro groups is 1. The highest BCUT2D eigenvalue weighted by Gasteiger charge is 2.18. The van der Waals surface area contributed by atoms with Crippen molar-refractivity contribution in [3.05, 3.63) is 91.1 Å². The molecule has 0 unspecified atom stereocenters. The molecule has 0 aliphatic carbocycles. The zero-order valence-electron chi connectivity index (χ0n) is 19.2. The summed E-state index contributed by atoms with van der Waals surface area (Å²) < 4.78 is 33.0. The van der Waals surface area contributed by atoms with Crippen molar-refractivity contribution in [2.24, 2.45) is 0 Å². The van der Waals surface area contributed by atoms with E-state index in [1.165, 1.54) is 27.8 Å². The fraction of sp³-hybridized carbons (Fsp3) is 0.304. The molecule has 36 heavy (non-hydrogen) atoms. The minimum atomic E-state index is -4.67. The summed E-state index contributed by atoms with van der Waals surface area (Å²) in [7, 11) is -4.67. The molecule has 13 heteroatoms. The SMILES string of the molecule is O=S(=O)(O)O.O=c1[nH]c(=O)n(CCCCN2CC=C(c3ccccc3)CC2)c2cccc([N+](=O)[O-])c12. The Hall–Kier alpha value is -3.65. The van der Waals surface area contributed by atoms with Gasteiger partial charge in [0.15, 0.2) is 0 Å². The van der Waals surface area contributed by atoms with Crippen LogP contribution < -0.4 is 11.2 Å². The zero-order valence-corrected chi connectivity index (χ0v) is 20.1. The van der Waals surface area contributed by atoms with Gasteiger partial charge in [-0.15, -0.1) is 0 Å². The third kappa shape index (κ3) is 7.42. The van der Waals surface area contributed by atoms with Crippen LogP contribution in [0.15, 0.2) is 64.2 Å². The summed E-state index contributed by atoms with van der Waals surface area (Å²) in [6.45, 7) is 3.20. The number of hydrogen-bond donors (Lipinski definition) is 3. The van der Waals surface area contributed by atoms with Crippen LogP contribution >= 0.6 is 0 Å². The van der Waals surface area contributed by atoms with Gasteiger partial charge in [0.2, 0.25) is 0 Å². The molecule has 1 aliphatic rings. The Bertz CT molecular complexity index is 1470. The molecule has 1 aliphatic heterocycles. The van der Waals surface area contributed by atoms with Crippen LogP contribution in [0.5, 0.6) is 0 Å². The summed E-state index contributed by atoms with van der Waals surface area (Å²) in [5.74, 6) is 0. The van der Waals surface area contributed by atoms with Crippen molar-refractivity contribution in [2.45, 2.75) is 25.8 Å². The Morgan fingerprint density at radius 2 is 1.67 bits per heavy atom. The van der Waals surface area contributed by atoms with Crippen molar-refractivity contribution < 1.29 is 22.4 Å². The van der Waals surface area contributed by atoms with Gasteiger partial charge in [-0.1, -0.05) is 42.5 Å². The quantitative estimate of drug-likeness (QED) is 0.184. The Labute approximate surface area is 206 Å². The highest BCUT2D eigenvalue weighted by atomic mass is 32.3. The molecule has 12 nitrogen and oxygen atoms in total. The van der Waals surface area contributed by atoms with Gasteiger partial charge in [-0.2, -0.15) is 8.42 Å². The first-order valence-electron chi connectivity index (χ1n) is 11.1. The molecular weight excluding hydrogens is 492 g/mol. The number of aromatic nitrogens is 2. The highest BCUT2D eigenvalue weighted by molar-refractivity contribution is 7.79. The molecule has 0 spiro atoms. The number of benzene rings is 2. The van der Waals surface area contributed by atoms with Crippen molar-refractivity contribution >= 4 is 32.6 Å². The number of nitro benzene ring substituents is 1. The first-order chi connectivity index (χ1) is 17.0. The van der Waals surface area contributed by atoms with E-state index >= 15 is 0 Å². The lowest BCUT2D eigenvalue weighted by Gasteiger charge is -2.26. The highest BCUT2D eigenvalue weighted by Crippen LogP contribution is 2.23. The van der Waals surface area contributed by atoms with Gasteiger partial charge >= 0.3 is 16.1 Å². The first kappa shape index (κ1) is 26.9. The maximum absolute atomic E-state index is 12.3. The van der Waals surface area contributed by atoms with Crippen molar-refractivity contribution in [3.63, 3.8) is 0 Å². The predicted octanol–water partition coefficient (Wildman–Crippen LogP) is 2.51. The van der Waals surface area contributed by atoms with E-state index in [1.54, 1.807) is 6.07 Å². The molecule has 2 aromatic carbocycles. The van der Waals surface area contributed by atoms with Gasteiger partial charge in [0, 0.05) is 25.7 Å². The van der Waals surface area contributed by atoms with Crippen LogP contribution in [0.25, 0.3) is 16.5 Å². The van der Waals surface area contributed by atoms with Gasteiger partial charge in [0.25, 0.3) is 11.2 Å². The van der Waals surface area contributed by atoms with Gasteiger partial charge < -0.3 is 0 Å². The van der Waals surface area contributed by atoms with Gasteiger partial charge in [-0.25, -0.2) is 4.79 Å². The number of aryl methyl sites for hydroxylation is 1. The number of non-ortho nitro benzene ring substituents is 1. The zero-order chi connectivity index (χ0) is 26.3. The average Bonchev–Trinajstić information content (AvgIpc) is 2.83. The second-order valence-electron chi connectivity index (χ2n) is 8.14. The van der Waals surface area contributed by atoms with Crippen LogP contribution in [0.3, 0.4) is 0 Å². The molecule has 0 bridgehead atoms. The number of rotatable bonds is 7. The van der Waals surface area contributed by atoms with Crippen LogP contribution in [0.2, 0.25) is 0 Å². The summed E-state index contributed by atoms with van der Waals surface area (Å²) in [5, 5.41) is 11.2. The number of H-pyrrole nitrogens is 1. The van der Waals surface area contributed by atoms with Crippen LogP contribution in [-0.2, 0) is 16.9 Å². The van der Waals surface area contributed by atoms with E-state index in [4.69, 9.17) is 17.5 Å². The van der Waals surface area contributed by atoms with Gasteiger partial charge in [-0.3, -0.25) is 38.5 Å². The fourth-order valence-corrected chi connectivity index (χ4v) is 4.13. The summed E-state index contributed by atoms with van der Waals surface area (Å²) >= 11 is 0. The lowest BCUT2D eigenvalue weighted by molar-refractivity contribution is -0.383. The lowest BCUT2D eigenvalue weighted by atomic mass is 9.99. The number of nitrogens with one attached hydrogen (secondary N) is 1. The Morgan fingerprint density at radius 1 is 1.00 bits per heavy atom. The minimum Gasteiger partial charge on any atom is -0.299 e. The molecule has 3 aromatic rings. The van der Waals surface area contributed by atoms with Crippen molar-refractivity contribution in [2.75, 3.05) is 19.6 Å². The van der Waals surface area contributed by atoms with E-state index in [0.29, 0.717) is 12.1 Å². The van der Waals surface area contributed by atoms with E-state index in [1.807, 2.05) is 6.07 Å². The first-order valence-corrected chi connectivity index (χ1v) is 12.5. The average molecular weight is 519 g/mol. The molecule has 0 saturated heterocycles. The number of unbranched alkanes of at least 4 members (excludes halogenated alkanes) is 1. The summed E-state index contributed by atoms with van der Waals surface area (Å²) in [5.41, 5.74) is 1.41. The molecule has 0 radical (unpaired) electrons. The Balaban J connectivity index is 0.000000658. The maximum atomic E-state index is 12.3. The van der Waals surface area contributed by atoms with E-state index in [-0.39, 0.29) is 11.1 Å². The number of nitrogens with zero attached hydrogens (tertiary/aromatic N) is 3. The molecule has 1 aromatic heterocycles. The third-order valence-corrected chi connectivity index (χ3v) is 5.74. The molecule has 0 fully saturated rings. The molecule has 0 amide bonds. The number of fused-ring (bicyclic) bond motifs is 1. The van der Waals surface area contributed by atoms with E-state index in [0.717, 1.165) is 38.9 Å². The van der Waals surface area contributed by atoms with E-state index in [9.17, 15) is 19.7 Å². The molecule has 2 heterocycles. The number of aromatic amines is 1. The summed E-state index contributed by atoms with van der Waals surface area (Å²) in [4.78, 5) is 39.7. The van der Waals surface area contributed by atoms with Gasteiger partial charge in [0.05, 0.1) is 10.4 Å². The maximum Gasteiger partial charge on any atom is 0.394 e. The molecule has 3 N–H and O–H groups in total. The van der Waals surface area contributed by atoms with Crippen molar-refractivity contribution in [1.82, 2.24) is 14.5 Å². The normalized spacial score (nSPS) is 14.1. The molecule has 0 atom stereocenters. The van der Waals surface area contributed by atoms with E-state index in [2.05, 4.69) is 40.2 Å². The molecule has 4 rings (SSSR count). The topological polar surface area (TPSA) is 176 Å². The second kappa shape index (κ2) is 11.9. The summed E-state index contributed by atoms with van der Waals surface area (Å²) in [6, 6.07) is 14.8. The molecular formula is C23H26N4O8S. The molecule has 0 saturated carbocycles. The molecule has 192 valence electrons. The van der Waals surface area contributed by atoms with E-state index < -0.39 is 26.6 Å². The minimum absolute atomic E-state index is 0.0540. The van der Waals surface area contributed by atoms with Crippen LogP contribution in [0.4, 0.5) is 5.69 Å². The number of hydrogen-bond acceptors (Lipinski definition) is 7. The van der Waals surface area contributed by atoms with Crippen molar-refractivity contribution in [3.8, 4) is 0 Å². The fourth-order valence-electron chi connectivity index (χ4n) is 4.13. The monoisotopic (exact) mass is 518 g/mol. The van der Waals surface area contributed by atoms with Crippen LogP contribution in [0.1, 0.15) is 24.8 Å². The Morgan fingerprint density at radius 3 is 2.28 bits per heavy atom. The smallest absolute Gasteiger partial charge is 0.299 e. The van der Waals surface area contributed by atoms with Gasteiger partial charge in [-0.05, 0) is 43.0 Å². The van der Waals surface area contributed by atoms with Crippen LogP contribution in [0, 0.1) is 10.1 Å². The second-order valence-corrected chi connectivity index (χ2v) is 9.04. The third-order valence-electron chi connectivity index (χ3n) is 5.74. The van der Waals surface area contributed by atoms with Crippen molar-refractivity contribution in [1.29, 1.82) is 0 Å². The standard InChI is InChI=1S/C23H24N4O4.H2O4S/c28-22-21-19(9-6-10-20(21)27(30)31)26(23(29)24-22)14-5-4-13-25-15-11-18(12-16-25)17-7-2-1-3-8-17;1-5(2,3)4/h1-3,6-11H,4-5,12-16H2,(H,24,28,29);(H2,1,2,3,4). The van der Waals surface area contributed by atoms with Crippen LogP contribution in [-0.4, -0.2) is 56.5 Å². The predicted molar refractivity (Wildman–Crippen MR) is 134 cm³/mol. The lowest BCUT2D eigenvalue weighted by Crippen LogP contribution is -2.32. The Kier molecular flexibility index (Phi) is 8.88.